The fourth-order valence-electron chi connectivity index (χ4n) is 2.33. The second kappa shape index (κ2) is 7.25. The molecule has 0 aromatic carbocycles. The van der Waals surface area contributed by atoms with Crippen LogP contribution in [0.4, 0.5) is 0 Å². The molecule has 114 valence electrons. The lowest BCUT2D eigenvalue weighted by Gasteiger charge is -2.19. The maximum Gasteiger partial charge on any atom is 0.129 e. The highest BCUT2D eigenvalue weighted by molar-refractivity contribution is 5.12. The smallest absolute Gasteiger partial charge is 0.129 e. The van der Waals surface area contributed by atoms with Crippen LogP contribution < -0.4 is 5.32 Å². The van der Waals surface area contributed by atoms with Crippen LogP contribution in [0.25, 0.3) is 0 Å². The van der Waals surface area contributed by atoms with E-state index in [4.69, 9.17) is 9.15 Å². The van der Waals surface area contributed by atoms with Gasteiger partial charge in [-0.1, -0.05) is 0 Å². The second-order valence-corrected chi connectivity index (χ2v) is 6.63. The van der Waals surface area contributed by atoms with Gasteiger partial charge in [-0.05, 0) is 52.8 Å². The van der Waals surface area contributed by atoms with E-state index in [0.29, 0.717) is 6.61 Å². The fraction of sp³-hybridized carbons (Fsp3) is 0.750. The summed E-state index contributed by atoms with van der Waals surface area (Å²) in [5, 5.41) is 3.45. The van der Waals surface area contributed by atoms with Crippen molar-refractivity contribution in [3.63, 3.8) is 0 Å². The van der Waals surface area contributed by atoms with Crippen LogP contribution in [0.1, 0.15) is 44.9 Å². The standard InChI is InChI=1S/C16H28N2O2/c1-16(2,3)17-11-14-10-15(20-12-14)13-19-9-8-18-6-4-5-7-18/h10,12,17H,4-9,11,13H2,1-3H3. The lowest BCUT2D eigenvalue weighted by atomic mass is 10.1. The molecule has 0 aliphatic carbocycles. The number of nitrogens with zero attached hydrogens (tertiary/aromatic N) is 1. The molecule has 2 rings (SSSR count). The number of hydrogen-bond acceptors (Lipinski definition) is 4. The van der Waals surface area contributed by atoms with Crippen LogP contribution in [0, 0.1) is 0 Å². The molecule has 2 heterocycles. The Hall–Kier alpha value is -0.840. The average molecular weight is 280 g/mol. The molecule has 0 atom stereocenters. The van der Waals surface area contributed by atoms with E-state index in [0.717, 1.165) is 25.5 Å². The summed E-state index contributed by atoms with van der Waals surface area (Å²) in [6.07, 6.45) is 4.49. The van der Waals surface area contributed by atoms with Crippen LogP contribution in [-0.2, 0) is 17.9 Å². The predicted molar refractivity (Wildman–Crippen MR) is 80.6 cm³/mol. The first kappa shape index (κ1) is 15.5. The molecule has 1 aromatic rings. The van der Waals surface area contributed by atoms with Gasteiger partial charge < -0.3 is 19.4 Å². The number of hydrogen-bond donors (Lipinski definition) is 1. The van der Waals surface area contributed by atoms with Gasteiger partial charge in [-0.15, -0.1) is 0 Å². The summed E-state index contributed by atoms with van der Waals surface area (Å²) in [5.74, 6) is 0.914. The van der Waals surface area contributed by atoms with Crippen LogP contribution in [0.5, 0.6) is 0 Å². The predicted octanol–water partition coefficient (Wildman–Crippen LogP) is 2.78. The molecule has 1 fully saturated rings. The number of likely N-dealkylation sites (tertiary alicyclic amines) is 1. The Morgan fingerprint density at radius 1 is 1.30 bits per heavy atom. The number of rotatable bonds is 7. The van der Waals surface area contributed by atoms with Gasteiger partial charge in [0.25, 0.3) is 0 Å². The molecular weight excluding hydrogens is 252 g/mol. The van der Waals surface area contributed by atoms with Crippen molar-refractivity contribution >= 4 is 0 Å². The molecule has 0 saturated carbocycles. The molecule has 1 aliphatic rings. The highest BCUT2D eigenvalue weighted by Gasteiger charge is 2.11. The second-order valence-electron chi connectivity index (χ2n) is 6.63. The molecule has 1 aliphatic heterocycles. The molecule has 0 radical (unpaired) electrons. The number of ether oxygens (including phenoxy) is 1. The Morgan fingerprint density at radius 3 is 2.75 bits per heavy atom. The van der Waals surface area contributed by atoms with E-state index in [1.807, 2.05) is 6.26 Å². The average Bonchev–Trinajstić information content (AvgIpc) is 3.03. The fourth-order valence-corrected chi connectivity index (χ4v) is 2.33. The minimum Gasteiger partial charge on any atom is -0.467 e. The molecule has 4 nitrogen and oxygen atoms in total. The molecule has 0 bridgehead atoms. The quantitative estimate of drug-likeness (QED) is 0.779. The van der Waals surface area contributed by atoms with Crippen molar-refractivity contribution in [2.45, 2.75) is 52.3 Å². The SMILES string of the molecule is CC(C)(C)NCc1coc(COCCN2CCCC2)c1. The topological polar surface area (TPSA) is 37.6 Å². The van der Waals surface area contributed by atoms with Crippen LogP contribution in [-0.4, -0.2) is 36.7 Å². The monoisotopic (exact) mass is 280 g/mol. The maximum atomic E-state index is 5.68. The molecule has 1 N–H and O–H groups in total. The maximum absolute atomic E-state index is 5.68. The van der Waals surface area contributed by atoms with E-state index in [9.17, 15) is 0 Å². The van der Waals surface area contributed by atoms with Crippen molar-refractivity contribution in [3.05, 3.63) is 23.7 Å². The van der Waals surface area contributed by atoms with Gasteiger partial charge in [0.05, 0.1) is 12.9 Å². The van der Waals surface area contributed by atoms with Crippen LogP contribution >= 0.6 is 0 Å². The van der Waals surface area contributed by atoms with Crippen molar-refractivity contribution in [3.8, 4) is 0 Å². The molecule has 1 aromatic heterocycles. The first-order chi connectivity index (χ1) is 9.53. The highest BCUT2D eigenvalue weighted by atomic mass is 16.5. The van der Waals surface area contributed by atoms with Crippen LogP contribution in [0.3, 0.4) is 0 Å². The highest BCUT2D eigenvalue weighted by Crippen LogP contribution is 2.11. The van der Waals surface area contributed by atoms with Crippen LogP contribution in [0.15, 0.2) is 16.7 Å². The molecular formula is C16H28N2O2. The lowest BCUT2D eigenvalue weighted by molar-refractivity contribution is 0.0875. The van der Waals surface area contributed by atoms with Gasteiger partial charge in [0.15, 0.2) is 0 Å². The van der Waals surface area contributed by atoms with Gasteiger partial charge in [0.2, 0.25) is 0 Å². The van der Waals surface area contributed by atoms with Gasteiger partial charge in [-0.2, -0.15) is 0 Å². The summed E-state index contributed by atoms with van der Waals surface area (Å²) in [4.78, 5) is 2.46. The molecule has 1 saturated heterocycles. The largest absolute Gasteiger partial charge is 0.467 e. The van der Waals surface area contributed by atoms with Crippen molar-refractivity contribution in [2.24, 2.45) is 0 Å². The zero-order valence-electron chi connectivity index (χ0n) is 13.1. The summed E-state index contributed by atoms with van der Waals surface area (Å²) in [5.41, 5.74) is 1.31. The Morgan fingerprint density at radius 2 is 2.05 bits per heavy atom. The minimum atomic E-state index is 0.129. The Labute approximate surface area is 122 Å². The van der Waals surface area contributed by atoms with Crippen molar-refractivity contribution in [1.82, 2.24) is 10.2 Å². The molecule has 4 heteroatoms. The Bertz CT molecular complexity index is 389. The van der Waals surface area contributed by atoms with Crippen molar-refractivity contribution < 1.29 is 9.15 Å². The Balaban J connectivity index is 1.62. The third-order valence-corrected chi connectivity index (χ3v) is 3.53. The van der Waals surface area contributed by atoms with Crippen molar-refractivity contribution in [2.75, 3.05) is 26.2 Å². The first-order valence-electron chi connectivity index (χ1n) is 7.64. The summed E-state index contributed by atoms with van der Waals surface area (Å²) >= 11 is 0. The minimum absolute atomic E-state index is 0.129. The van der Waals surface area contributed by atoms with Crippen LogP contribution in [0.2, 0.25) is 0 Å². The van der Waals surface area contributed by atoms with Gasteiger partial charge in [0, 0.05) is 24.2 Å². The number of furan rings is 1. The summed E-state index contributed by atoms with van der Waals surface area (Å²) in [6, 6.07) is 2.08. The van der Waals surface area contributed by atoms with Crippen molar-refractivity contribution in [1.29, 1.82) is 0 Å². The summed E-state index contributed by atoms with van der Waals surface area (Å²) < 4.78 is 11.2. The molecule has 0 spiro atoms. The van der Waals surface area contributed by atoms with Gasteiger partial charge >= 0.3 is 0 Å². The van der Waals surface area contributed by atoms with E-state index in [1.165, 1.54) is 31.5 Å². The van der Waals surface area contributed by atoms with Gasteiger partial charge in [-0.25, -0.2) is 0 Å². The zero-order chi connectivity index (χ0) is 14.4. The first-order valence-corrected chi connectivity index (χ1v) is 7.64. The van der Waals surface area contributed by atoms with Gasteiger partial charge in [-0.3, -0.25) is 0 Å². The lowest BCUT2D eigenvalue weighted by Crippen LogP contribution is -2.34. The summed E-state index contributed by atoms with van der Waals surface area (Å²) in [7, 11) is 0. The molecule has 0 unspecified atom stereocenters. The normalized spacial score (nSPS) is 16.9. The zero-order valence-corrected chi connectivity index (χ0v) is 13.1. The molecule has 0 amide bonds. The number of nitrogens with one attached hydrogen (secondary N) is 1. The summed E-state index contributed by atoms with van der Waals surface area (Å²) in [6.45, 7) is 12.2. The Kier molecular flexibility index (Phi) is 5.64. The van der Waals surface area contributed by atoms with E-state index >= 15 is 0 Å². The van der Waals surface area contributed by atoms with E-state index < -0.39 is 0 Å². The third-order valence-electron chi connectivity index (χ3n) is 3.53. The third kappa shape index (κ3) is 5.65. The van der Waals surface area contributed by atoms with E-state index in [2.05, 4.69) is 37.1 Å². The molecule has 20 heavy (non-hydrogen) atoms. The van der Waals surface area contributed by atoms with Gasteiger partial charge in [0.1, 0.15) is 12.4 Å². The van der Waals surface area contributed by atoms with E-state index in [1.54, 1.807) is 0 Å². The van der Waals surface area contributed by atoms with E-state index in [-0.39, 0.29) is 5.54 Å².